The van der Waals surface area contributed by atoms with Crippen LogP contribution in [0, 0.1) is 10.1 Å². The van der Waals surface area contributed by atoms with Gasteiger partial charge in [-0.15, -0.1) is 0 Å². The van der Waals surface area contributed by atoms with Gasteiger partial charge in [-0.05, 0) is 19.1 Å². The molecule has 6 nitrogen and oxygen atoms in total. The average molecular weight is 259 g/mol. The van der Waals surface area contributed by atoms with E-state index in [0.29, 0.717) is 0 Å². The largest absolute Gasteiger partial charge is 0.466 e. The molecule has 1 rings (SSSR count). The molecule has 0 amide bonds. The molecule has 2 N–H and O–H groups in total. The number of nitrogen functional groups attached to an aromatic ring is 1. The summed E-state index contributed by atoms with van der Waals surface area (Å²) in [5, 5.41) is 10.7. The summed E-state index contributed by atoms with van der Waals surface area (Å²) >= 11 is 5.74. The fourth-order valence-corrected chi connectivity index (χ4v) is 1.58. The van der Waals surface area contributed by atoms with Crippen molar-refractivity contribution in [3.05, 3.63) is 32.8 Å². The van der Waals surface area contributed by atoms with Crippen molar-refractivity contribution in [1.29, 1.82) is 0 Å². The minimum absolute atomic E-state index is 0.103. The second-order valence-electron chi connectivity index (χ2n) is 3.22. The minimum atomic E-state index is -0.659. The maximum absolute atomic E-state index is 11.3. The number of carbonyl (C=O) groups excluding carboxylic acids is 1. The lowest BCUT2D eigenvalue weighted by Crippen LogP contribution is -2.09. The Hall–Kier alpha value is -1.82. The predicted molar refractivity (Wildman–Crippen MR) is 62.9 cm³/mol. The van der Waals surface area contributed by atoms with Crippen LogP contribution in [0.15, 0.2) is 12.1 Å². The van der Waals surface area contributed by atoms with Crippen LogP contribution in [0.5, 0.6) is 0 Å². The van der Waals surface area contributed by atoms with Crippen molar-refractivity contribution in [2.45, 2.75) is 13.3 Å². The molecular weight excluding hydrogens is 248 g/mol. The smallest absolute Gasteiger partial charge is 0.310 e. The molecule has 1 aromatic rings. The third-order valence-corrected chi connectivity index (χ3v) is 2.45. The number of carbonyl (C=O) groups is 1. The topological polar surface area (TPSA) is 95.5 Å². The Labute approximate surface area is 102 Å². The third kappa shape index (κ3) is 3.07. The van der Waals surface area contributed by atoms with Gasteiger partial charge in [0, 0.05) is 5.56 Å². The highest BCUT2D eigenvalue weighted by Crippen LogP contribution is 2.33. The number of hydrogen-bond donors (Lipinski definition) is 1. The summed E-state index contributed by atoms with van der Waals surface area (Å²) < 4.78 is 4.71. The number of anilines is 1. The zero-order valence-corrected chi connectivity index (χ0v) is 9.86. The molecule has 0 aromatic heterocycles. The molecule has 0 saturated carbocycles. The highest BCUT2D eigenvalue weighted by atomic mass is 35.5. The number of nitro groups is 1. The second kappa shape index (κ2) is 5.49. The van der Waals surface area contributed by atoms with E-state index in [1.165, 1.54) is 12.1 Å². The highest BCUT2D eigenvalue weighted by molar-refractivity contribution is 6.35. The second-order valence-corrected chi connectivity index (χ2v) is 3.59. The molecule has 0 aliphatic rings. The zero-order chi connectivity index (χ0) is 13.0. The Morgan fingerprint density at radius 1 is 1.59 bits per heavy atom. The van der Waals surface area contributed by atoms with Crippen molar-refractivity contribution in [1.82, 2.24) is 0 Å². The van der Waals surface area contributed by atoms with Gasteiger partial charge in [-0.25, -0.2) is 0 Å². The molecule has 0 heterocycles. The van der Waals surface area contributed by atoms with Crippen LogP contribution in [0.1, 0.15) is 12.5 Å². The molecule has 1 aromatic carbocycles. The van der Waals surface area contributed by atoms with Gasteiger partial charge in [0.15, 0.2) is 0 Å². The molecule has 0 unspecified atom stereocenters. The zero-order valence-electron chi connectivity index (χ0n) is 9.10. The first-order chi connectivity index (χ1) is 7.97. The van der Waals surface area contributed by atoms with Crippen LogP contribution < -0.4 is 5.73 Å². The SMILES string of the molecule is CCOC(=O)Cc1ccc(N)c(Cl)c1[N+](=O)[O-]. The lowest BCUT2D eigenvalue weighted by atomic mass is 10.1. The first-order valence-corrected chi connectivity index (χ1v) is 5.22. The molecular formula is C10H11ClN2O4. The standard InChI is InChI=1S/C10H11ClN2O4/c1-2-17-8(14)5-6-3-4-7(12)9(11)10(6)13(15)16/h3-4H,2,5,12H2,1H3. The number of halogens is 1. The monoisotopic (exact) mass is 258 g/mol. The van der Waals surface area contributed by atoms with Gasteiger partial charge < -0.3 is 10.5 Å². The molecule has 0 fully saturated rings. The molecule has 7 heteroatoms. The van der Waals surface area contributed by atoms with E-state index < -0.39 is 10.9 Å². The van der Waals surface area contributed by atoms with Crippen molar-refractivity contribution in [2.75, 3.05) is 12.3 Å². The van der Waals surface area contributed by atoms with Gasteiger partial charge in [-0.2, -0.15) is 0 Å². The summed E-state index contributed by atoms with van der Waals surface area (Å²) in [7, 11) is 0. The number of nitrogens with two attached hydrogens (primary N) is 1. The Bertz CT molecular complexity index is 462. The van der Waals surface area contributed by atoms with E-state index in [1.54, 1.807) is 6.92 Å². The van der Waals surface area contributed by atoms with Gasteiger partial charge in [0.1, 0.15) is 5.02 Å². The quantitative estimate of drug-likeness (QED) is 0.385. The number of nitro benzene ring substituents is 1. The summed E-state index contributed by atoms with van der Waals surface area (Å²) in [5.74, 6) is -0.545. The summed E-state index contributed by atoms with van der Waals surface area (Å²) in [6.45, 7) is 1.87. The van der Waals surface area contributed by atoms with Gasteiger partial charge in [0.25, 0.3) is 5.69 Å². The van der Waals surface area contributed by atoms with Crippen molar-refractivity contribution in [3.63, 3.8) is 0 Å². The van der Waals surface area contributed by atoms with Gasteiger partial charge in [0.2, 0.25) is 0 Å². The first kappa shape index (κ1) is 13.2. The van der Waals surface area contributed by atoms with Gasteiger partial charge in [-0.1, -0.05) is 11.6 Å². The van der Waals surface area contributed by atoms with E-state index in [4.69, 9.17) is 22.1 Å². The normalized spacial score (nSPS) is 10.0. The average Bonchev–Trinajstić information content (AvgIpc) is 2.23. The van der Waals surface area contributed by atoms with Crippen LogP contribution in [0.2, 0.25) is 5.02 Å². The summed E-state index contributed by atoms with van der Waals surface area (Å²) in [5.41, 5.74) is 5.41. The van der Waals surface area contributed by atoms with Crippen LogP contribution in [0.3, 0.4) is 0 Å². The molecule has 0 spiro atoms. The van der Waals surface area contributed by atoms with Crippen LogP contribution in [0.4, 0.5) is 11.4 Å². The van der Waals surface area contributed by atoms with Gasteiger partial charge in [-0.3, -0.25) is 14.9 Å². The van der Waals surface area contributed by atoms with Gasteiger partial charge >= 0.3 is 5.97 Å². The van der Waals surface area contributed by atoms with Crippen LogP contribution >= 0.6 is 11.6 Å². The van der Waals surface area contributed by atoms with E-state index in [9.17, 15) is 14.9 Å². The number of rotatable bonds is 4. The fraction of sp³-hybridized carbons (Fsp3) is 0.300. The number of hydrogen-bond acceptors (Lipinski definition) is 5. The first-order valence-electron chi connectivity index (χ1n) is 4.84. The van der Waals surface area contributed by atoms with Gasteiger partial charge in [0.05, 0.1) is 23.6 Å². The number of nitrogens with zero attached hydrogens (tertiary/aromatic N) is 1. The number of ether oxygens (including phenoxy) is 1. The molecule has 92 valence electrons. The number of benzene rings is 1. The Morgan fingerprint density at radius 2 is 2.24 bits per heavy atom. The van der Waals surface area contributed by atoms with Crippen LogP contribution in [-0.2, 0) is 16.0 Å². The number of esters is 1. The van der Waals surface area contributed by atoms with E-state index >= 15 is 0 Å². The van der Waals surface area contributed by atoms with E-state index in [0.717, 1.165) is 0 Å². The molecule has 17 heavy (non-hydrogen) atoms. The summed E-state index contributed by atoms with van der Waals surface area (Å²) in [4.78, 5) is 21.5. The van der Waals surface area contributed by atoms with E-state index in [1.807, 2.05) is 0 Å². The fourth-order valence-electron chi connectivity index (χ4n) is 1.33. The van der Waals surface area contributed by atoms with Crippen molar-refractivity contribution < 1.29 is 14.5 Å². The lowest BCUT2D eigenvalue weighted by Gasteiger charge is -2.06. The Kier molecular flexibility index (Phi) is 4.28. The Balaban J connectivity index is 3.11. The maximum atomic E-state index is 11.3. The molecule has 0 aliphatic heterocycles. The molecule has 0 radical (unpaired) electrons. The van der Waals surface area contributed by atoms with Crippen molar-refractivity contribution >= 4 is 28.9 Å². The third-order valence-electron chi connectivity index (χ3n) is 2.05. The Morgan fingerprint density at radius 3 is 2.76 bits per heavy atom. The lowest BCUT2D eigenvalue weighted by molar-refractivity contribution is -0.385. The van der Waals surface area contributed by atoms with E-state index in [2.05, 4.69) is 0 Å². The van der Waals surface area contributed by atoms with E-state index in [-0.39, 0.29) is 35.0 Å². The minimum Gasteiger partial charge on any atom is -0.466 e. The maximum Gasteiger partial charge on any atom is 0.310 e. The van der Waals surface area contributed by atoms with Crippen LogP contribution in [0.25, 0.3) is 0 Å². The highest BCUT2D eigenvalue weighted by Gasteiger charge is 2.22. The van der Waals surface area contributed by atoms with Crippen LogP contribution in [-0.4, -0.2) is 17.5 Å². The molecule has 0 bridgehead atoms. The predicted octanol–water partition coefficient (Wildman–Crippen LogP) is 1.94. The molecule has 0 saturated heterocycles. The summed E-state index contributed by atoms with van der Waals surface area (Å²) in [6.07, 6.45) is -0.204. The van der Waals surface area contributed by atoms with Crippen molar-refractivity contribution in [3.8, 4) is 0 Å². The summed E-state index contributed by atoms with van der Waals surface area (Å²) in [6, 6.07) is 2.82. The molecule has 0 atom stereocenters. The molecule has 0 aliphatic carbocycles. The van der Waals surface area contributed by atoms with Crippen molar-refractivity contribution in [2.24, 2.45) is 0 Å².